The first-order valence-electron chi connectivity index (χ1n) is 13.9. The van der Waals surface area contributed by atoms with Crippen molar-refractivity contribution in [1.82, 2.24) is 19.1 Å². The number of benzene rings is 2. The molecule has 2 aromatic heterocycles. The lowest BCUT2D eigenvalue weighted by molar-refractivity contribution is -0.113. The van der Waals surface area contributed by atoms with Crippen molar-refractivity contribution < 1.29 is 19.0 Å². The van der Waals surface area contributed by atoms with E-state index < -0.39 is 5.69 Å². The summed E-state index contributed by atoms with van der Waals surface area (Å²) < 4.78 is 19.5. The van der Waals surface area contributed by atoms with Crippen LogP contribution in [0.25, 0.3) is 22.5 Å². The highest BCUT2D eigenvalue weighted by Crippen LogP contribution is 2.32. The Morgan fingerprint density at radius 3 is 2.52 bits per heavy atom. The van der Waals surface area contributed by atoms with E-state index in [4.69, 9.17) is 19.9 Å². The van der Waals surface area contributed by atoms with Gasteiger partial charge in [0.1, 0.15) is 29.9 Å². The van der Waals surface area contributed by atoms with Gasteiger partial charge in [0.15, 0.2) is 11.5 Å². The lowest BCUT2D eigenvalue weighted by atomic mass is 10.2. The first-order chi connectivity index (χ1) is 20.3. The van der Waals surface area contributed by atoms with Crippen LogP contribution in [0.15, 0.2) is 59.7 Å². The van der Waals surface area contributed by atoms with Crippen LogP contribution in [0.5, 0.6) is 11.5 Å². The van der Waals surface area contributed by atoms with E-state index in [1.165, 1.54) is 20.4 Å². The van der Waals surface area contributed by atoms with Gasteiger partial charge in [0.2, 0.25) is 5.91 Å². The number of imidazole rings is 1. The minimum absolute atomic E-state index is 0.149. The third-order valence-corrected chi connectivity index (χ3v) is 6.97. The number of hydrogen-bond donors (Lipinski definition) is 1. The van der Waals surface area contributed by atoms with Crippen LogP contribution in [0.4, 0.5) is 11.5 Å². The van der Waals surface area contributed by atoms with E-state index in [0.717, 1.165) is 31.2 Å². The van der Waals surface area contributed by atoms with Crippen LogP contribution < -0.4 is 25.8 Å². The zero-order valence-electron chi connectivity index (χ0n) is 24.8. The normalized spacial score (nSPS) is 11.4. The number of aryl methyl sites for hydroxylation is 1. The molecule has 42 heavy (non-hydrogen) atoms. The van der Waals surface area contributed by atoms with Gasteiger partial charge in [0, 0.05) is 20.2 Å². The zero-order chi connectivity index (χ0) is 30.2. The lowest BCUT2D eigenvalue weighted by Crippen LogP contribution is -2.26. The van der Waals surface area contributed by atoms with Crippen LogP contribution in [0.2, 0.25) is 0 Å². The highest BCUT2D eigenvalue weighted by molar-refractivity contribution is 6.02. The van der Waals surface area contributed by atoms with E-state index in [9.17, 15) is 9.59 Å². The van der Waals surface area contributed by atoms with Gasteiger partial charge in [-0.25, -0.2) is 19.3 Å². The van der Waals surface area contributed by atoms with E-state index in [1.54, 1.807) is 51.6 Å². The van der Waals surface area contributed by atoms with Gasteiger partial charge in [-0.2, -0.15) is 0 Å². The number of carbonyl (C=O) groups excluding carboxylic acids is 1. The molecule has 1 amide bonds. The monoisotopic (exact) mass is 574 g/mol. The Kier molecular flexibility index (Phi) is 9.98. The number of likely N-dealkylation sites (N-methyl/N-ethyl adjacent to an activating group) is 1. The summed E-state index contributed by atoms with van der Waals surface area (Å²) in [5.74, 6) is 1.03. The number of nitrogens with zero attached hydrogens (tertiary/aromatic N) is 5. The van der Waals surface area contributed by atoms with Crippen LogP contribution >= 0.6 is 0 Å². The summed E-state index contributed by atoms with van der Waals surface area (Å²) in [7, 11) is 4.84. The molecule has 0 aliphatic heterocycles. The summed E-state index contributed by atoms with van der Waals surface area (Å²) >= 11 is 0. The maximum atomic E-state index is 14.1. The molecule has 0 radical (unpaired) electrons. The van der Waals surface area contributed by atoms with Gasteiger partial charge in [0.05, 0.1) is 30.8 Å². The summed E-state index contributed by atoms with van der Waals surface area (Å²) in [6.45, 7) is 4.72. The number of unbranched alkanes of at least 4 members (excludes halogenated alkanes) is 3. The Balaban J connectivity index is 1.85. The maximum absolute atomic E-state index is 14.1. The van der Waals surface area contributed by atoms with E-state index in [2.05, 4.69) is 16.9 Å². The third kappa shape index (κ3) is 6.31. The molecule has 11 heteroatoms. The van der Waals surface area contributed by atoms with Gasteiger partial charge >= 0.3 is 5.69 Å². The summed E-state index contributed by atoms with van der Waals surface area (Å²) in [5.41, 5.74) is 8.98. The molecule has 0 fully saturated rings. The molecule has 2 aromatic carbocycles. The zero-order valence-corrected chi connectivity index (χ0v) is 24.8. The van der Waals surface area contributed by atoms with Crippen molar-refractivity contribution in [2.45, 2.75) is 39.5 Å². The smallest absolute Gasteiger partial charge is 0.339 e. The van der Waals surface area contributed by atoms with Crippen molar-refractivity contribution >= 4 is 28.6 Å². The molecule has 0 saturated carbocycles. The van der Waals surface area contributed by atoms with Crippen molar-refractivity contribution in [3.05, 3.63) is 70.9 Å². The fraction of sp³-hybridized carbons (Fsp3) is 0.355. The van der Waals surface area contributed by atoms with Crippen molar-refractivity contribution in [1.29, 1.82) is 0 Å². The first-order valence-corrected chi connectivity index (χ1v) is 13.9. The molecule has 0 spiro atoms. The first kappa shape index (κ1) is 30.3. The summed E-state index contributed by atoms with van der Waals surface area (Å²) in [6.07, 6.45) is 8.84. The Hall–Kier alpha value is -4.64. The molecule has 4 aromatic rings. The molecule has 0 aliphatic carbocycles. The second kappa shape index (κ2) is 13.8. The molecule has 0 unspecified atom stereocenters. The number of rotatable bonds is 13. The number of ether oxygens (including phenoxy) is 3. The standard InChI is InChI=1S/C31H38N6O5/c1-6-7-8-9-10-11-27(38)35(3)24-18-22(14-15-25(24)42-17-16-40-4)37-30-28(29(32)33-20-34-30)36(31(37)39)23-13-12-21(2)26(19-23)41-5/h10-15,18-20H,6-9,16-17H2,1-5H3,(H2,32,33,34)/b11-10+. The highest BCUT2D eigenvalue weighted by atomic mass is 16.5. The molecule has 0 atom stereocenters. The summed E-state index contributed by atoms with van der Waals surface area (Å²) in [4.78, 5) is 37.3. The van der Waals surface area contributed by atoms with Gasteiger partial charge in [-0.05, 0) is 55.7 Å². The number of nitrogens with two attached hydrogens (primary N) is 1. The third-order valence-electron chi connectivity index (χ3n) is 6.97. The number of anilines is 2. The Morgan fingerprint density at radius 1 is 1.02 bits per heavy atom. The second-order valence-electron chi connectivity index (χ2n) is 9.83. The minimum atomic E-state index is -0.410. The largest absolute Gasteiger partial charge is 0.496 e. The molecule has 0 aliphatic rings. The molecular formula is C31H38N6O5. The Morgan fingerprint density at radius 2 is 1.79 bits per heavy atom. The molecule has 0 saturated heterocycles. The van der Waals surface area contributed by atoms with Crippen LogP contribution in [0, 0.1) is 6.92 Å². The SMILES string of the molecule is CCCCC/C=C/C(=O)N(C)c1cc(-n2c(=O)n(-c3ccc(C)c(OC)c3)c3c(N)ncnc32)ccc1OCCOC. The van der Waals surface area contributed by atoms with Crippen molar-refractivity contribution in [2.75, 3.05) is 45.1 Å². The lowest BCUT2D eigenvalue weighted by Gasteiger charge is -2.21. The molecule has 2 N–H and O–H groups in total. The maximum Gasteiger partial charge on any atom is 0.339 e. The fourth-order valence-electron chi connectivity index (χ4n) is 4.66. The van der Waals surface area contributed by atoms with Crippen molar-refractivity contribution in [2.24, 2.45) is 0 Å². The number of fused-ring (bicyclic) bond motifs is 1. The molecule has 4 rings (SSSR count). The Bertz CT molecular complexity index is 1640. The average Bonchev–Trinajstić information content (AvgIpc) is 3.30. The molecule has 222 valence electrons. The number of aromatic nitrogens is 4. The summed E-state index contributed by atoms with van der Waals surface area (Å²) in [5, 5.41) is 0. The minimum Gasteiger partial charge on any atom is -0.496 e. The number of carbonyl (C=O) groups is 1. The van der Waals surface area contributed by atoms with Gasteiger partial charge < -0.3 is 24.8 Å². The van der Waals surface area contributed by atoms with Gasteiger partial charge in [-0.15, -0.1) is 0 Å². The molecule has 2 heterocycles. The Labute approximate surface area is 245 Å². The van der Waals surface area contributed by atoms with Gasteiger partial charge in [-0.1, -0.05) is 31.9 Å². The van der Waals surface area contributed by atoms with Crippen LogP contribution in [-0.4, -0.2) is 59.5 Å². The number of hydrogen-bond acceptors (Lipinski definition) is 8. The predicted octanol–water partition coefficient (Wildman–Crippen LogP) is 4.60. The topological polar surface area (TPSA) is 127 Å². The number of methoxy groups -OCH3 is 2. The average molecular weight is 575 g/mol. The predicted molar refractivity (Wildman–Crippen MR) is 164 cm³/mol. The van der Waals surface area contributed by atoms with Crippen LogP contribution in [-0.2, 0) is 9.53 Å². The van der Waals surface area contributed by atoms with E-state index in [0.29, 0.717) is 46.3 Å². The van der Waals surface area contributed by atoms with Crippen LogP contribution in [0.1, 0.15) is 38.2 Å². The number of allylic oxidation sites excluding steroid dienone is 1. The van der Waals surface area contributed by atoms with Gasteiger partial charge in [0.25, 0.3) is 0 Å². The van der Waals surface area contributed by atoms with E-state index in [-0.39, 0.29) is 18.3 Å². The molecular weight excluding hydrogens is 536 g/mol. The van der Waals surface area contributed by atoms with Crippen molar-refractivity contribution in [3.8, 4) is 22.9 Å². The van der Waals surface area contributed by atoms with Crippen LogP contribution in [0.3, 0.4) is 0 Å². The van der Waals surface area contributed by atoms with E-state index >= 15 is 0 Å². The second-order valence-corrected chi connectivity index (χ2v) is 9.83. The quantitative estimate of drug-likeness (QED) is 0.181. The summed E-state index contributed by atoms with van der Waals surface area (Å²) in [6, 6.07) is 10.6. The fourth-order valence-corrected chi connectivity index (χ4v) is 4.66. The molecule has 11 nitrogen and oxygen atoms in total. The number of amides is 1. The highest BCUT2D eigenvalue weighted by Gasteiger charge is 2.23. The number of nitrogen functional groups attached to an aromatic ring is 1. The van der Waals surface area contributed by atoms with Gasteiger partial charge in [-0.3, -0.25) is 9.36 Å². The molecule has 0 bridgehead atoms. The van der Waals surface area contributed by atoms with E-state index in [1.807, 2.05) is 25.1 Å². The van der Waals surface area contributed by atoms with Crippen molar-refractivity contribution in [3.63, 3.8) is 0 Å².